The molecule has 1 aromatic heterocycles. The standard InChI is InChI=1S/C16H22N4O2S2/c1-11(2)8-9-17-14(21)10-23-16-20-19-15(24-16)18-12-6-4-5-7-13(12)22-3/h4-7,11H,8-10H2,1-3H3,(H,17,21)(H,18,19). The van der Waals surface area contributed by atoms with Gasteiger partial charge in [0.05, 0.1) is 18.6 Å². The number of aromatic nitrogens is 2. The monoisotopic (exact) mass is 366 g/mol. The Morgan fingerprint density at radius 2 is 2.12 bits per heavy atom. The van der Waals surface area contributed by atoms with Crippen LogP contribution in [-0.2, 0) is 4.79 Å². The Balaban J connectivity index is 1.82. The van der Waals surface area contributed by atoms with E-state index < -0.39 is 0 Å². The fourth-order valence-corrected chi connectivity index (χ4v) is 3.45. The minimum atomic E-state index is 0.0232. The molecule has 0 radical (unpaired) electrons. The summed E-state index contributed by atoms with van der Waals surface area (Å²) in [7, 11) is 1.62. The van der Waals surface area contributed by atoms with Crippen LogP contribution in [-0.4, -0.2) is 35.5 Å². The number of benzene rings is 1. The Hall–Kier alpha value is -1.80. The molecule has 0 bridgehead atoms. The van der Waals surface area contributed by atoms with Gasteiger partial charge >= 0.3 is 0 Å². The lowest BCUT2D eigenvalue weighted by molar-refractivity contribution is -0.118. The van der Waals surface area contributed by atoms with Gasteiger partial charge < -0.3 is 15.4 Å². The van der Waals surface area contributed by atoms with Gasteiger partial charge in [-0.25, -0.2) is 0 Å². The van der Waals surface area contributed by atoms with Gasteiger partial charge in [-0.15, -0.1) is 10.2 Å². The number of rotatable bonds is 9. The number of amides is 1. The van der Waals surface area contributed by atoms with E-state index in [9.17, 15) is 4.79 Å². The molecule has 1 heterocycles. The van der Waals surface area contributed by atoms with Crippen LogP contribution in [0, 0.1) is 5.92 Å². The van der Waals surface area contributed by atoms with Gasteiger partial charge in [0.2, 0.25) is 11.0 Å². The average Bonchev–Trinajstić information content (AvgIpc) is 3.00. The van der Waals surface area contributed by atoms with Crippen molar-refractivity contribution in [3.63, 3.8) is 0 Å². The molecule has 6 nitrogen and oxygen atoms in total. The quantitative estimate of drug-likeness (QED) is 0.661. The molecule has 2 aromatic rings. The highest BCUT2D eigenvalue weighted by Gasteiger charge is 2.10. The van der Waals surface area contributed by atoms with Crippen LogP contribution in [0.2, 0.25) is 0 Å². The van der Waals surface area contributed by atoms with Crippen LogP contribution in [0.5, 0.6) is 5.75 Å². The number of anilines is 2. The maximum Gasteiger partial charge on any atom is 0.230 e. The predicted octanol–water partition coefficient (Wildman–Crippen LogP) is 3.54. The summed E-state index contributed by atoms with van der Waals surface area (Å²) < 4.78 is 6.05. The number of carbonyl (C=O) groups is 1. The zero-order valence-corrected chi connectivity index (χ0v) is 15.7. The Bertz CT molecular complexity index is 661. The Morgan fingerprint density at radius 3 is 2.88 bits per heavy atom. The first-order valence-corrected chi connectivity index (χ1v) is 9.51. The summed E-state index contributed by atoms with van der Waals surface area (Å²) in [4.78, 5) is 11.8. The first-order valence-electron chi connectivity index (χ1n) is 7.71. The van der Waals surface area contributed by atoms with E-state index in [1.807, 2.05) is 24.3 Å². The molecule has 0 aliphatic carbocycles. The molecular weight excluding hydrogens is 344 g/mol. The second-order valence-corrected chi connectivity index (χ2v) is 7.72. The lowest BCUT2D eigenvalue weighted by atomic mass is 10.1. The summed E-state index contributed by atoms with van der Waals surface area (Å²) in [5.41, 5.74) is 0.833. The molecule has 0 aliphatic rings. The minimum absolute atomic E-state index is 0.0232. The zero-order chi connectivity index (χ0) is 17.4. The van der Waals surface area contributed by atoms with Gasteiger partial charge in [-0.1, -0.05) is 49.1 Å². The number of carbonyl (C=O) groups excluding carboxylic acids is 1. The van der Waals surface area contributed by atoms with E-state index in [1.165, 1.54) is 23.1 Å². The number of thioether (sulfide) groups is 1. The molecule has 24 heavy (non-hydrogen) atoms. The van der Waals surface area contributed by atoms with E-state index in [0.717, 1.165) is 22.2 Å². The van der Waals surface area contributed by atoms with Gasteiger partial charge in [0, 0.05) is 6.54 Å². The number of methoxy groups -OCH3 is 1. The zero-order valence-electron chi connectivity index (χ0n) is 14.0. The predicted molar refractivity (Wildman–Crippen MR) is 99.4 cm³/mol. The molecule has 0 fully saturated rings. The Morgan fingerprint density at radius 1 is 1.33 bits per heavy atom. The van der Waals surface area contributed by atoms with E-state index in [0.29, 0.717) is 23.3 Å². The highest BCUT2D eigenvalue weighted by atomic mass is 32.2. The fourth-order valence-electron chi connectivity index (χ4n) is 1.86. The number of hydrogen-bond donors (Lipinski definition) is 2. The van der Waals surface area contributed by atoms with Crippen molar-refractivity contribution in [1.29, 1.82) is 0 Å². The number of nitrogens with one attached hydrogen (secondary N) is 2. The largest absolute Gasteiger partial charge is 0.495 e. The number of ether oxygens (including phenoxy) is 1. The van der Waals surface area contributed by atoms with E-state index in [1.54, 1.807) is 7.11 Å². The van der Waals surface area contributed by atoms with Crippen molar-refractivity contribution >= 4 is 39.8 Å². The van der Waals surface area contributed by atoms with Crippen molar-refractivity contribution in [3.8, 4) is 5.75 Å². The van der Waals surface area contributed by atoms with Gasteiger partial charge in [0.15, 0.2) is 4.34 Å². The third kappa shape index (κ3) is 6.01. The van der Waals surface area contributed by atoms with Crippen LogP contribution >= 0.6 is 23.1 Å². The van der Waals surface area contributed by atoms with Crippen molar-refractivity contribution < 1.29 is 9.53 Å². The maximum atomic E-state index is 11.8. The van der Waals surface area contributed by atoms with Gasteiger partial charge in [-0.2, -0.15) is 0 Å². The summed E-state index contributed by atoms with van der Waals surface area (Å²) in [6.07, 6.45) is 0.988. The third-order valence-electron chi connectivity index (χ3n) is 3.13. The smallest absolute Gasteiger partial charge is 0.230 e. The minimum Gasteiger partial charge on any atom is -0.495 e. The second-order valence-electron chi connectivity index (χ2n) is 5.52. The number of hydrogen-bond acceptors (Lipinski definition) is 7. The highest BCUT2D eigenvalue weighted by molar-refractivity contribution is 8.01. The summed E-state index contributed by atoms with van der Waals surface area (Å²) in [5, 5.41) is 15.0. The molecule has 0 spiro atoms. The van der Waals surface area contributed by atoms with Crippen LogP contribution in [0.4, 0.5) is 10.8 Å². The van der Waals surface area contributed by atoms with Gasteiger partial charge in [0.1, 0.15) is 5.75 Å². The molecule has 1 aromatic carbocycles. The van der Waals surface area contributed by atoms with Crippen LogP contribution in [0.15, 0.2) is 28.6 Å². The molecular formula is C16H22N4O2S2. The van der Waals surface area contributed by atoms with Crippen molar-refractivity contribution in [2.75, 3.05) is 24.7 Å². The molecule has 0 unspecified atom stereocenters. The van der Waals surface area contributed by atoms with Crippen molar-refractivity contribution in [2.24, 2.45) is 5.92 Å². The van der Waals surface area contributed by atoms with Crippen molar-refractivity contribution in [1.82, 2.24) is 15.5 Å². The van der Waals surface area contributed by atoms with E-state index in [2.05, 4.69) is 34.7 Å². The first kappa shape index (κ1) is 18.5. The average molecular weight is 367 g/mol. The molecule has 0 atom stereocenters. The van der Waals surface area contributed by atoms with E-state index in [4.69, 9.17) is 4.74 Å². The number of para-hydroxylation sites is 2. The van der Waals surface area contributed by atoms with Crippen LogP contribution in [0.3, 0.4) is 0 Å². The molecule has 2 N–H and O–H groups in total. The Kier molecular flexibility index (Phi) is 7.33. The van der Waals surface area contributed by atoms with Crippen LogP contribution < -0.4 is 15.4 Å². The highest BCUT2D eigenvalue weighted by Crippen LogP contribution is 2.31. The molecule has 0 saturated carbocycles. The molecule has 130 valence electrons. The van der Waals surface area contributed by atoms with E-state index in [-0.39, 0.29) is 5.91 Å². The first-order chi connectivity index (χ1) is 11.6. The van der Waals surface area contributed by atoms with Crippen molar-refractivity contribution in [2.45, 2.75) is 24.6 Å². The van der Waals surface area contributed by atoms with Crippen molar-refractivity contribution in [3.05, 3.63) is 24.3 Å². The topological polar surface area (TPSA) is 76.1 Å². The summed E-state index contributed by atoms with van der Waals surface area (Å²) in [5.74, 6) is 1.70. The fraction of sp³-hybridized carbons (Fsp3) is 0.438. The molecule has 0 aliphatic heterocycles. The molecule has 2 rings (SSSR count). The molecule has 0 saturated heterocycles. The SMILES string of the molecule is COc1ccccc1Nc1nnc(SCC(=O)NCCC(C)C)s1. The van der Waals surface area contributed by atoms with E-state index >= 15 is 0 Å². The summed E-state index contributed by atoms with van der Waals surface area (Å²) in [6, 6.07) is 7.61. The molecule has 8 heteroatoms. The van der Waals surface area contributed by atoms with Gasteiger partial charge in [-0.05, 0) is 24.5 Å². The maximum absolute atomic E-state index is 11.8. The summed E-state index contributed by atoms with van der Waals surface area (Å²) >= 11 is 2.80. The Labute approximate surface area is 150 Å². The molecule has 1 amide bonds. The third-order valence-corrected chi connectivity index (χ3v) is 5.10. The summed E-state index contributed by atoms with van der Waals surface area (Å²) in [6.45, 7) is 4.99. The van der Waals surface area contributed by atoms with Gasteiger partial charge in [0.25, 0.3) is 0 Å². The number of nitrogens with zero attached hydrogens (tertiary/aromatic N) is 2. The normalized spacial score (nSPS) is 10.7. The second kappa shape index (κ2) is 9.48. The van der Waals surface area contributed by atoms with Crippen LogP contribution in [0.25, 0.3) is 0 Å². The lowest BCUT2D eigenvalue weighted by Gasteiger charge is -2.07. The van der Waals surface area contributed by atoms with Gasteiger partial charge in [-0.3, -0.25) is 4.79 Å². The van der Waals surface area contributed by atoms with Crippen LogP contribution in [0.1, 0.15) is 20.3 Å². The lowest BCUT2D eigenvalue weighted by Crippen LogP contribution is -2.26.